The number of para-hydroxylation sites is 1. The predicted molar refractivity (Wildman–Crippen MR) is 62.9 cm³/mol. The van der Waals surface area contributed by atoms with Crippen molar-refractivity contribution >= 4 is 5.78 Å². The van der Waals surface area contributed by atoms with E-state index in [-0.39, 0.29) is 5.92 Å². The molecule has 0 saturated heterocycles. The minimum absolute atomic E-state index is 0.0117. The molecule has 1 atom stereocenters. The van der Waals surface area contributed by atoms with Gasteiger partial charge >= 0.3 is 0 Å². The normalized spacial score (nSPS) is 18.8. The van der Waals surface area contributed by atoms with Crippen molar-refractivity contribution in [1.29, 1.82) is 0 Å². The van der Waals surface area contributed by atoms with E-state index >= 15 is 0 Å². The maximum absolute atomic E-state index is 12.0. The quantitative estimate of drug-likeness (QED) is 0.656. The Morgan fingerprint density at radius 2 is 2.00 bits per heavy atom. The number of carbonyl (C=O) groups is 1. The second-order valence-electron chi connectivity index (χ2n) is 4.30. The summed E-state index contributed by atoms with van der Waals surface area (Å²) in [4.78, 5) is 12.0. The van der Waals surface area contributed by atoms with Gasteiger partial charge < -0.3 is 4.57 Å². The van der Waals surface area contributed by atoms with Crippen molar-refractivity contribution in [3.63, 3.8) is 0 Å². The number of Topliss-reactive ketones (excluding diaryl/α,β-unsaturated/α-hetero) is 1. The molecule has 1 aliphatic rings. The molecular formula is C14H13NO. The molecule has 2 heteroatoms. The summed E-state index contributed by atoms with van der Waals surface area (Å²) in [6.07, 6.45) is 2.57. The molecule has 3 rings (SSSR count). The largest absolute Gasteiger partial charge is 0.320 e. The van der Waals surface area contributed by atoms with Crippen molar-refractivity contribution in [2.75, 3.05) is 0 Å². The van der Waals surface area contributed by atoms with E-state index in [4.69, 9.17) is 0 Å². The van der Waals surface area contributed by atoms with Crippen LogP contribution in [0.25, 0.3) is 5.69 Å². The van der Waals surface area contributed by atoms with Gasteiger partial charge in [-0.1, -0.05) is 18.2 Å². The topological polar surface area (TPSA) is 22.0 Å². The van der Waals surface area contributed by atoms with Crippen LogP contribution in [0.5, 0.6) is 0 Å². The van der Waals surface area contributed by atoms with Crippen LogP contribution < -0.4 is 0 Å². The van der Waals surface area contributed by atoms with E-state index in [1.54, 1.807) is 0 Å². The number of aromatic nitrogens is 1. The first-order valence-corrected chi connectivity index (χ1v) is 5.55. The zero-order chi connectivity index (χ0) is 11.1. The van der Waals surface area contributed by atoms with Crippen molar-refractivity contribution in [3.05, 3.63) is 53.9 Å². The maximum atomic E-state index is 12.0. The van der Waals surface area contributed by atoms with E-state index in [1.807, 2.05) is 43.5 Å². The fraction of sp³-hybridized carbons (Fsp3) is 0.214. The third kappa shape index (κ3) is 1.23. The number of fused-ring (bicyclic) bond motifs is 3. The standard InChI is InChI=1S/C14H13NO/c1-10-12-7-4-8-15(12)13-6-3-2-5-11(13)9-14(10)16/h2-8,10H,9H2,1H3. The molecule has 0 spiro atoms. The minimum atomic E-state index is -0.0117. The monoisotopic (exact) mass is 211 g/mol. The highest BCUT2D eigenvalue weighted by Crippen LogP contribution is 2.28. The fourth-order valence-corrected chi connectivity index (χ4v) is 2.37. The molecule has 1 aromatic carbocycles. The summed E-state index contributed by atoms with van der Waals surface area (Å²) >= 11 is 0. The molecule has 0 fully saturated rings. The lowest BCUT2D eigenvalue weighted by molar-refractivity contribution is -0.119. The third-order valence-electron chi connectivity index (χ3n) is 3.32. The molecule has 80 valence electrons. The zero-order valence-corrected chi connectivity index (χ0v) is 9.18. The Hall–Kier alpha value is -1.83. The Morgan fingerprint density at radius 1 is 1.19 bits per heavy atom. The Balaban J connectivity index is 2.31. The summed E-state index contributed by atoms with van der Waals surface area (Å²) in [6, 6.07) is 12.2. The van der Waals surface area contributed by atoms with Gasteiger partial charge in [0, 0.05) is 24.0 Å². The van der Waals surface area contributed by atoms with E-state index in [0.29, 0.717) is 12.2 Å². The SMILES string of the molecule is CC1C(=O)Cc2ccccc2-n2cccc21. The van der Waals surface area contributed by atoms with Gasteiger partial charge in [0.15, 0.2) is 0 Å². The number of ketones is 1. The van der Waals surface area contributed by atoms with Crippen LogP contribution in [0.3, 0.4) is 0 Å². The molecule has 2 heterocycles. The molecule has 0 amide bonds. The lowest BCUT2D eigenvalue weighted by Crippen LogP contribution is -2.10. The number of benzene rings is 1. The molecule has 1 aliphatic heterocycles. The molecule has 0 saturated carbocycles. The summed E-state index contributed by atoms with van der Waals surface area (Å²) in [5.41, 5.74) is 3.35. The van der Waals surface area contributed by atoms with E-state index in [2.05, 4.69) is 10.6 Å². The van der Waals surface area contributed by atoms with Crippen LogP contribution in [-0.2, 0) is 11.2 Å². The summed E-state index contributed by atoms with van der Waals surface area (Å²) in [7, 11) is 0. The first-order chi connectivity index (χ1) is 7.77. The summed E-state index contributed by atoms with van der Waals surface area (Å²) < 4.78 is 2.13. The maximum Gasteiger partial charge on any atom is 0.146 e. The Bertz CT molecular complexity index is 553. The highest BCUT2D eigenvalue weighted by molar-refractivity contribution is 5.88. The van der Waals surface area contributed by atoms with E-state index < -0.39 is 0 Å². The van der Waals surface area contributed by atoms with Gasteiger partial charge in [0.1, 0.15) is 5.78 Å². The first-order valence-electron chi connectivity index (χ1n) is 5.55. The van der Waals surface area contributed by atoms with Gasteiger partial charge in [0.25, 0.3) is 0 Å². The van der Waals surface area contributed by atoms with Crippen molar-refractivity contribution in [2.24, 2.45) is 0 Å². The smallest absolute Gasteiger partial charge is 0.146 e. The molecule has 2 nitrogen and oxygen atoms in total. The number of nitrogens with zero attached hydrogens (tertiary/aromatic N) is 1. The first kappa shape index (κ1) is 9.40. The molecule has 0 bridgehead atoms. The highest BCUT2D eigenvalue weighted by atomic mass is 16.1. The lowest BCUT2D eigenvalue weighted by atomic mass is 9.98. The molecule has 2 aromatic rings. The fourth-order valence-electron chi connectivity index (χ4n) is 2.37. The highest BCUT2D eigenvalue weighted by Gasteiger charge is 2.24. The van der Waals surface area contributed by atoms with E-state index in [0.717, 1.165) is 16.9 Å². The second kappa shape index (κ2) is 3.34. The van der Waals surface area contributed by atoms with Crippen LogP contribution in [-0.4, -0.2) is 10.4 Å². The molecule has 1 unspecified atom stereocenters. The van der Waals surface area contributed by atoms with Gasteiger partial charge in [-0.05, 0) is 30.7 Å². The van der Waals surface area contributed by atoms with Crippen LogP contribution in [0.1, 0.15) is 24.1 Å². The lowest BCUT2D eigenvalue weighted by Gasteiger charge is -2.10. The number of rotatable bonds is 0. The summed E-state index contributed by atoms with van der Waals surface area (Å²) in [6.45, 7) is 1.99. The average molecular weight is 211 g/mol. The minimum Gasteiger partial charge on any atom is -0.320 e. The summed E-state index contributed by atoms with van der Waals surface area (Å²) in [5, 5.41) is 0. The second-order valence-corrected chi connectivity index (χ2v) is 4.30. The Kier molecular flexibility index (Phi) is 1.96. The van der Waals surface area contributed by atoms with Crippen molar-refractivity contribution in [1.82, 2.24) is 4.57 Å². The van der Waals surface area contributed by atoms with E-state index in [9.17, 15) is 4.79 Å². The zero-order valence-electron chi connectivity index (χ0n) is 9.18. The average Bonchev–Trinajstić information content (AvgIpc) is 2.74. The molecule has 1 aromatic heterocycles. The number of hydrogen-bond donors (Lipinski definition) is 0. The molecule has 0 N–H and O–H groups in total. The number of hydrogen-bond acceptors (Lipinski definition) is 1. The molecule has 0 radical (unpaired) electrons. The van der Waals surface area contributed by atoms with Gasteiger partial charge in [0.2, 0.25) is 0 Å². The number of carbonyl (C=O) groups excluding carboxylic acids is 1. The van der Waals surface area contributed by atoms with Crippen LogP contribution in [0.15, 0.2) is 42.6 Å². The van der Waals surface area contributed by atoms with Crippen LogP contribution >= 0.6 is 0 Å². The van der Waals surface area contributed by atoms with Gasteiger partial charge in [-0.25, -0.2) is 0 Å². The van der Waals surface area contributed by atoms with Crippen molar-refractivity contribution in [2.45, 2.75) is 19.3 Å². The van der Waals surface area contributed by atoms with Gasteiger partial charge in [-0.2, -0.15) is 0 Å². The predicted octanol–water partition coefficient (Wildman–Crippen LogP) is 2.71. The van der Waals surface area contributed by atoms with Crippen molar-refractivity contribution in [3.8, 4) is 5.69 Å². The summed E-state index contributed by atoms with van der Waals surface area (Å²) in [5.74, 6) is 0.285. The van der Waals surface area contributed by atoms with E-state index in [1.165, 1.54) is 0 Å². The Labute approximate surface area is 94.5 Å². The van der Waals surface area contributed by atoms with Gasteiger partial charge in [0.05, 0.1) is 5.92 Å². The molecule has 0 aliphatic carbocycles. The molecular weight excluding hydrogens is 198 g/mol. The van der Waals surface area contributed by atoms with Crippen LogP contribution in [0.2, 0.25) is 0 Å². The van der Waals surface area contributed by atoms with Gasteiger partial charge in [-0.15, -0.1) is 0 Å². The molecule has 16 heavy (non-hydrogen) atoms. The van der Waals surface area contributed by atoms with Crippen LogP contribution in [0.4, 0.5) is 0 Å². The Morgan fingerprint density at radius 3 is 2.88 bits per heavy atom. The van der Waals surface area contributed by atoms with Crippen LogP contribution in [0, 0.1) is 0 Å². The van der Waals surface area contributed by atoms with Gasteiger partial charge in [-0.3, -0.25) is 4.79 Å². The van der Waals surface area contributed by atoms with Crippen molar-refractivity contribution < 1.29 is 4.79 Å². The third-order valence-corrected chi connectivity index (χ3v) is 3.32.